The van der Waals surface area contributed by atoms with Crippen LogP contribution in [-0.2, 0) is 10.8 Å². The van der Waals surface area contributed by atoms with Gasteiger partial charge in [0, 0.05) is 44.3 Å². The maximum absolute atomic E-state index is 12.4. The van der Waals surface area contributed by atoms with Gasteiger partial charge in [-0.3, -0.25) is 9.00 Å². The van der Waals surface area contributed by atoms with Crippen LogP contribution in [0.3, 0.4) is 0 Å². The fraction of sp³-hybridized carbons (Fsp3) is 0.0455. The molecule has 3 aromatic rings. The molecule has 0 spiro atoms. The van der Waals surface area contributed by atoms with Gasteiger partial charge in [0.2, 0.25) is 0 Å². The third-order valence-corrected chi connectivity index (χ3v) is 4.63. The smallest absolute Gasteiger partial charge is 0.255 e. The number of anilines is 1. The van der Waals surface area contributed by atoms with E-state index in [1.54, 1.807) is 30.5 Å². The second-order valence-electron chi connectivity index (χ2n) is 5.63. The number of carbonyl (C=O) groups excluding carboxylic acids is 1. The van der Waals surface area contributed by atoms with E-state index in [0.29, 0.717) is 16.1 Å². The summed E-state index contributed by atoms with van der Waals surface area (Å²) in [7, 11) is -1.06. The van der Waals surface area contributed by atoms with Crippen LogP contribution in [0.2, 0.25) is 0 Å². The molecule has 128 valence electrons. The van der Waals surface area contributed by atoms with Crippen molar-refractivity contribution >= 4 is 22.4 Å². The average molecular weight is 359 g/mol. The van der Waals surface area contributed by atoms with Crippen LogP contribution in [0.1, 0.15) is 21.5 Å². The van der Waals surface area contributed by atoms with E-state index in [9.17, 15) is 9.00 Å². The maximum atomic E-state index is 12.4. The first-order valence-electron chi connectivity index (χ1n) is 8.04. The van der Waals surface area contributed by atoms with E-state index in [1.807, 2.05) is 54.6 Å². The van der Waals surface area contributed by atoms with Gasteiger partial charge >= 0.3 is 0 Å². The van der Waals surface area contributed by atoms with Crippen LogP contribution < -0.4 is 5.32 Å². The lowest BCUT2D eigenvalue weighted by molar-refractivity contribution is 0.102. The molecule has 0 aromatic heterocycles. The summed E-state index contributed by atoms with van der Waals surface area (Å²) >= 11 is 0. The van der Waals surface area contributed by atoms with Crippen LogP contribution in [0.25, 0.3) is 0 Å². The van der Waals surface area contributed by atoms with E-state index < -0.39 is 10.8 Å². The first kappa shape index (κ1) is 17.7. The molecule has 0 aliphatic carbocycles. The van der Waals surface area contributed by atoms with Crippen molar-refractivity contribution in [1.82, 2.24) is 0 Å². The van der Waals surface area contributed by atoms with E-state index in [-0.39, 0.29) is 5.91 Å². The van der Waals surface area contributed by atoms with Crippen LogP contribution in [-0.4, -0.2) is 16.4 Å². The lowest BCUT2D eigenvalue weighted by atomic mass is 10.1. The lowest BCUT2D eigenvalue weighted by Gasteiger charge is -2.06. The Balaban J connectivity index is 1.73. The summed E-state index contributed by atoms with van der Waals surface area (Å²) in [6, 6.07) is 23.9. The largest absolute Gasteiger partial charge is 0.322 e. The van der Waals surface area contributed by atoms with E-state index in [2.05, 4.69) is 17.2 Å². The van der Waals surface area contributed by atoms with Gasteiger partial charge in [0.1, 0.15) is 0 Å². The summed E-state index contributed by atoms with van der Waals surface area (Å²) < 4.78 is 11.4. The van der Waals surface area contributed by atoms with Gasteiger partial charge in [0.25, 0.3) is 5.91 Å². The number of rotatable bonds is 3. The standard InChI is InChI=1S/C22H17NO2S/c1-26(25)21-14-12-19(13-15-21)22(24)23-20-9-5-8-18(16-20)11-10-17-6-3-2-4-7-17/h2-9,12-16H,1H3,(H,23,24). The number of hydrogen-bond donors (Lipinski definition) is 1. The molecular weight excluding hydrogens is 342 g/mol. The fourth-order valence-corrected chi connectivity index (χ4v) is 2.86. The molecule has 1 atom stereocenters. The summed E-state index contributed by atoms with van der Waals surface area (Å²) in [5.41, 5.74) is 2.96. The Morgan fingerprint density at radius 2 is 1.50 bits per heavy atom. The molecule has 0 saturated carbocycles. The van der Waals surface area contributed by atoms with E-state index >= 15 is 0 Å². The molecule has 0 heterocycles. The number of carbonyl (C=O) groups is 1. The average Bonchev–Trinajstić information content (AvgIpc) is 2.67. The highest BCUT2D eigenvalue weighted by molar-refractivity contribution is 7.84. The Labute approximate surface area is 155 Å². The molecule has 3 nitrogen and oxygen atoms in total. The molecule has 3 aromatic carbocycles. The summed E-state index contributed by atoms with van der Waals surface area (Å²) in [4.78, 5) is 13.1. The molecule has 1 unspecified atom stereocenters. The minimum absolute atomic E-state index is 0.216. The lowest BCUT2D eigenvalue weighted by Crippen LogP contribution is -2.11. The van der Waals surface area contributed by atoms with Crippen molar-refractivity contribution in [2.24, 2.45) is 0 Å². The summed E-state index contributed by atoms with van der Waals surface area (Å²) in [5, 5.41) is 2.86. The first-order chi connectivity index (χ1) is 12.6. The molecule has 26 heavy (non-hydrogen) atoms. The van der Waals surface area contributed by atoms with Gasteiger partial charge in [0.05, 0.1) is 0 Å². The molecule has 1 amide bonds. The van der Waals surface area contributed by atoms with Gasteiger partial charge in [0.15, 0.2) is 0 Å². The highest BCUT2D eigenvalue weighted by Crippen LogP contribution is 2.13. The van der Waals surface area contributed by atoms with Gasteiger partial charge in [-0.1, -0.05) is 36.1 Å². The molecule has 0 aliphatic heterocycles. The van der Waals surface area contributed by atoms with E-state index in [0.717, 1.165) is 11.1 Å². The van der Waals surface area contributed by atoms with Gasteiger partial charge < -0.3 is 5.32 Å². The second-order valence-corrected chi connectivity index (χ2v) is 7.01. The minimum atomic E-state index is -1.06. The van der Waals surface area contributed by atoms with Crippen LogP contribution in [0.15, 0.2) is 83.8 Å². The van der Waals surface area contributed by atoms with Gasteiger partial charge in [-0.2, -0.15) is 0 Å². The van der Waals surface area contributed by atoms with E-state index in [4.69, 9.17) is 0 Å². The molecular formula is C22H17NO2S. The van der Waals surface area contributed by atoms with Gasteiger partial charge in [-0.05, 0) is 54.6 Å². The van der Waals surface area contributed by atoms with Crippen LogP contribution in [0.5, 0.6) is 0 Å². The summed E-state index contributed by atoms with van der Waals surface area (Å²) in [6.45, 7) is 0. The number of hydrogen-bond acceptors (Lipinski definition) is 2. The monoisotopic (exact) mass is 359 g/mol. The Bertz CT molecular complexity index is 1000. The third-order valence-electron chi connectivity index (χ3n) is 3.69. The minimum Gasteiger partial charge on any atom is -0.322 e. The summed E-state index contributed by atoms with van der Waals surface area (Å²) in [5.74, 6) is 5.98. The van der Waals surface area contributed by atoms with Crippen molar-refractivity contribution in [2.75, 3.05) is 11.6 Å². The molecule has 0 bridgehead atoms. The molecule has 1 N–H and O–H groups in total. The highest BCUT2D eigenvalue weighted by Gasteiger charge is 2.07. The molecule has 4 heteroatoms. The SMILES string of the molecule is CS(=O)c1ccc(C(=O)Nc2cccc(C#Cc3ccccc3)c2)cc1. The number of nitrogens with one attached hydrogen (secondary N) is 1. The zero-order valence-electron chi connectivity index (χ0n) is 14.2. The second kappa shape index (κ2) is 8.28. The third kappa shape index (κ3) is 4.69. The van der Waals surface area contributed by atoms with Crippen LogP contribution in [0.4, 0.5) is 5.69 Å². The Morgan fingerprint density at radius 3 is 2.19 bits per heavy atom. The fourth-order valence-electron chi connectivity index (χ4n) is 2.34. The topological polar surface area (TPSA) is 46.2 Å². The molecule has 0 fully saturated rings. The molecule has 0 radical (unpaired) electrons. The van der Waals surface area contributed by atoms with E-state index in [1.165, 1.54) is 0 Å². The molecule has 3 rings (SSSR count). The maximum Gasteiger partial charge on any atom is 0.255 e. The molecule has 0 saturated heterocycles. The van der Waals surface area contributed by atoms with Crippen LogP contribution in [0, 0.1) is 11.8 Å². The first-order valence-corrected chi connectivity index (χ1v) is 9.59. The predicted molar refractivity (Wildman–Crippen MR) is 106 cm³/mol. The van der Waals surface area contributed by atoms with Gasteiger partial charge in [-0.25, -0.2) is 0 Å². The number of benzene rings is 3. The van der Waals surface area contributed by atoms with Crippen molar-refractivity contribution < 1.29 is 9.00 Å². The Morgan fingerprint density at radius 1 is 0.846 bits per heavy atom. The zero-order chi connectivity index (χ0) is 18.4. The van der Waals surface area contributed by atoms with Crippen molar-refractivity contribution in [1.29, 1.82) is 0 Å². The quantitative estimate of drug-likeness (QED) is 0.717. The van der Waals surface area contributed by atoms with Gasteiger partial charge in [-0.15, -0.1) is 0 Å². The van der Waals surface area contributed by atoms with Crippen molar-refractivity contribution in [3.63, 3.8) is 0 Å². The molecule has 0 aliphatic rings. The van der Waals surface area contributed by atoms with Crippen molar-refractivity contribution in [2.45, 2.75) is 4.90 Å². The van der Waals surface area contributed by atoms with Crippen molar-refractivity contribution in [3.8, 4) is 11.8 Å². The normalized spacial score (nSPS) is 11.1. The number of amides is 1. The Hall–Kier alpha value is -3.16. The highest BCUT2D eigenvalue weighted by atomic mass is 32.2. The predicted octanol–water partition coefficient (Wildman–Crippen LogP) is 4.08. The van der Waals surface area contributed by atoms with Crippen molar-refractivity contribution in [3.05, 3.63) is 95.6 Å². The summed E-state index contributed by atoms with van der Waals surface area (Å²) in [6.07, 6.45) is 1.61. The Kier molecular flexibility index (Phi) is 5.62. The van der Waals surface area contributed by atoms with Crippen LogP contribution >= 0.6 is 0 Å². The zero-order valence-corrected chi connectivity index (χ0v) is 15.0.